The quantitative estimate of drug-likeness (QED) is 0.680. The van der Waals surface area contributed by atoms with Crippen molar-refractivity contribution in [3.63, 3.8) is 0 Å². The van der Waals surface area contributed by atoms with E-state index >= 15 is 0 Å². The molecular weight excluding hydrogens is 370 g/mol. The second-order valence-corrected chi connectivity index (χ2v) is 8.51. The number of piperidine rings is 1. The maximum absolute atomic E-state index is 12.9. The Bertz CT molecular complexity index is 945. The molecule has 26 heavy (non-hydrogen) atoms. The summed E-state index contributed by atoms with van der Waals surface area (Å²) in [5.74, 6) is 0.920. The highest BCUT2D eigenvalue weighted by atomic mass is 32.1. The molecule has 0 unspecified atom stereocenters. The lowest BCUT2D eigenvalue weighted by Crippen LogP contribution is -2.39. The minimum Gasteiger partial charge on any atom is -0.355 e. The standard InChI is InChI=1S/C17H19N5O2S2/c1-9-7-13(24-20-9)16-14(19-21-26-16)12-5-4-6-22(8-12)17(23)15-10(2)18-11(3)25-15/h7,12H,4-6,8H2,1-3H3/t12-/m1/s1. The van der Waals surface area contributed by atoms with Gasteiger partial charge in [-0.15, -0.1) is 16.4 Å². The van der Waals surface area contributed by atoms with Crippen LogP contribution >= 0.6 is 22.9 Å². The zero-order valence-corrected chi connectivity index (χ0v) is 16.5. The Kier molecular flexibility index (Phi) is 4.58. The molecule has 1 saturated heterocycles. The van der Waals surface area contributed by atoms with Gasteiger partial charge in [0.2, 0.25) is 0 Å². The van der Waals surface area contributed by atoms with Crippen LogP contribution in [0.15, 0.2) is 10.6 Å². The first-order valence-corrected chi connectivity index (χ1v) is 10.1. The van der Waals surface area contributed by atoms with Crippen molar-refractivity contribution in [2.45, 2.75) is 39.5 Å². The topological polar surface area (TPSA) is 85.0 Å². The van der Waals surface area contributed by atoms with Crippen LogP contribution < -0.4 is 0 Å². The summed E-state index contributed by atoms with van der Waals surface area (Å²) >= 11 is 2.78. The van der Waals surface area contributed by atoms with E-state index in [9.17, 15) is 4.79 Å². The molecule has 4 rings (SSSR count). The maximum Gasteiger partial charge on any atom is 0.265 e. The SMILES string of the molecule is Cc1cc(-c2snnc2[C@@H]2CCCN(C(=O)c3sc(C)nc3C)C2)on1. The van der Waals surface area contributed by atoms with Gasteiger partial charge in [-0.05, 0) is 45.1 Å². The van der Waals surface area contributed by atoms with Crippen LogP contribution in [0.3, 0.4) is 0 Å². The molecule has 0 N–H and O–H groups in total. The minimum absolute atomic E-state index is 0.0676. The molecule has 136 valence electrons. The summed E-state index contributed by atoms with van der Waals surface area (Å²) < 4.78 is 9.52. The van der Waals surface area contributed by atoms with Crippen molar-refractivity contribution in [2.24, 2.45) is 0 Å². The lowest BCUT2D eigenvalue weighted by molar-refractivity contribution is 0.0710. The molecule has 1 amide bonds. The first-order chi connectivity index (χ1) is 12.5. The fourth-order valence-corrected chi connectivity index (χ4v) is 4.95. The van der Waals surface area contributed by atoms with Crippen molar-refractivity contribution in [3.05, 3.63) is 33.0 Å². The van der Waals surface area contributed by atoms with Crippen molar-refractivity contribution in [2.75, 3.05) is 13.1 Å². The van der Waals surface area contributed by atoms with E-state index in [1.807, 2.05) is 31.7 Å². The highest BCUT2D eigenvalue weighted by Crippen LogP contribution is 2.36. The average molecular weight is 390 g/mol. The van der Waals surface area contributed by atoms with Gasteiger partial charge in [-0.1, -0.05) is 9.64 Å². The second kappa shape index (κ2) is 6.88. The lowest BCUT2D eigenvalue weighted by Gasteiger charge is -2.32. The van der Waals surface area contributed by atoms with E-state index in [0.29, 0.717) is 12.3 Å². The number of aromatic nitrogens is 4. The molecule has 0 bridgehead atoms. The Morgan fingerprint density at radius 2 is 2.19 bits per heavy atom. The Morgan fingerprint density at radius 3 is 2.88 bits per heavy atom. The minimum atomic E-state index is 0.0676. The maximum atomic E-state index is 12.9. The van der Waals surface area contributed by atoms with Gasteiger partial charge >= 0.3 is 0 Å². The summed E-state index contributed by atoms with van der Waals surface area (Å²) in [6, 6.07) is 1.90. The molecular formula is C17H19N5O2S2. The van der Waals surface area contributed by atoms with Gasteiger partial charge in [0.15, 0.2) is 5.76 Å². The normalized spacial score (nSPS) is 17.7. The third-order valence-electron chi connectivity index (χ3n) is 4.56. The lowest BCUT2D eigenvalue weighted by atomic mass is 9.93. The zero-order valence-electron chi connectivity index (χ0n) is 14.9. The first-order valence-electron chi connectivity index (χ1n) is 8.52. The van der Waals surface area contributed by atoms with E-state index < -0.39 is 0 Å². The summed E-state index contributed by atoms with van der Waals surface area (Å²) in [5, 5.41) is 9.23. The Balaban J connectivity index is 1.57. The fourth-order valence-electron chi connectivity index (χ4n) is 3.36. The Morgan fingerprint density at radius 1 is 1.35 bits per heavy atom. The predicted octanol–water partition coefficient (Wildman–Crippen LogP) is 3.59. The van der Waals surface area contributed by atoms with Crippen LogP contribution in [-0.2, 0) is 0 Å². The van der Waals surface area contributed by atoms with E-state index in [0.717, 1.165) is 51.2 Å². The molecule has 3 aromatic rings. The number of amides is 1. The Hall–Kier alpha value is -2.13. The summed E-state index contributed by atoms with van der Waals surface area (Å²) in [6.07, 6.45) is 1.93. The van der Waals surface area contributed by atoms with E-state index in [2.05, 4.69) is 19.7 Å². The number of rotatable bonds is 3. The summed E-state index contributed by atoms with van der Waals surface area (Å²) in [4.78, 5) is 20.9. The molecule has 0 radical (unpaired) electrons. The van der Waals surface area contributed by atoms with Gasteiger partial charge in [-0.2, -0.15) is 0 Å². The molecule has 1 atom stereocenters. The van der Waals surface area contributed by atoms with Crippen LogP contribution in [0.1, 0.15) is 50.5 Å². The number of hydrogen-bond acceptors (Lipinski definition) is 8. The average Bonchev–Trinajstić information content (AvgIpc) is 3.34. The summed E-state index contributed by atoms with van der Waals surface area (Å²) in [5.41, 5.74) is 2.55. The van der Waals surface area contributed by atoms with Crippen LogP contribution in [0.4, 0.5) is 0 Å². The first kappa shape index (κ1) is 17.3. The molecule has 3 aromatic heterocycles. The van der Waals surface area contributed by atoms with E-state index in [-0.39, 0.29) is 11.8 Å². The molecule has 1 aliphatic rings. The van der Waals surface area contributed by atoms with Gasteiger partial charge in [-0.3, -0.25) is 4.79 Å². The molecule has 0 saturated carbocycles. The predicted molar refractivity (Wildman–Crippen MR) is 99.6 cm³/mol. The van der Waals surface area contributed by atoms with Gasteiger partial charge in [0.05, 0.1) is 22.1 Å². The number of nitrogens with zero attached hydrogens (tertiary/aromatic N) is 5. The second-order valence-electron chi connectivity index (χ2n) is 6.56. The van der Waals surface area contributed by atoms with Crippen LogP contribution in [0.25, 0.3) is 10.6 Å². The Labute approximate surface area is 159 Å². The largest absolute Gasteiger partial charge is 0.355 e. The summed E-state index contributed by atoms with van der Waals surface area (Å²) in [7, 11) is 0. The monoisotopic (exact) mass is 389 g/mol. The number of hydrogen-bond donors (Lipinski definition) is 0. The summed E-state index contributed by atoms with van der Waals surface area (Å²) in [6.45, 7) is 7.12. The number of carbonyl (C=O) groups excluding carboxylic acids is 1. The van der Waals surface area contributed by atoms with Crippen LogP contribution in [0.2, 0.25) is 0 Å². The number of likely N-dealkylation sites (tertiary alicyclic amines) is 1. The highest BCUT2D eigenvalue weighted by molar-refractivity contribution is 7.13. The number of aryl methyl sites for hydroxylation is 3. The molecule has 1 fully saturated rings. The molecule has 0 aliphatic carbocycles. The molecule has 4 heterocycles. The molecule has 0 aromatic carbocycles. The van der Waals surface area contributed by atoms with Crippen molar-refractivity contribution in [1.29, 1.82) is 0 Å². The van der Waals surface area contributed by atoms with Crippen LogP contribution in [0, 0.1) is 20.8 Å². The van der Waals surface area contributed by atoms with E-state index in [1.165, 1.54) is 22.9 Å². The molecule has 7 nitrogen and oxygen atoms in total. The third kappa shape index (κ3) is 3.16. The highest BCUT2D eigenvalue weighted by Gasteiger charge is 2.31. The molecule has 1 aliphatic heterocycles. The van der Waals surface area contributed by atoms with Gasteiger partial charge in [0.25, 0.3) is 5.91 Å². The molecule has 0 spiro atoms. The van der Waals surface area contributed by atoms with Gasteiger partial charge in [0, 0.05) is 25.1 Å². The zero-order chi connectivity index (χ0) is 18.3. The van der Waals surface area contributed by atoms with E-state index in [1.54, 1.807) is 0 Å². The number of carbonyl (C=O) groups is 1. The van der Waals surface area contributed by atoms with Gasteiger partial charge in [-0.25, -0.2) is 4.98 Å². The molecule has 9 heteroatoms. The van der Waals surface area contributed by atoms with E-state index in [4.69, 9.17) is 4.52 Å². The number of thiazole rings is 1. The third-order valence-corrected chi connectivity index (χ3v) is 6.38. The smallest absolute Gasteiger partial charge is 0.265 e. The van der Waals surface area contributed by atoms with Crippen molar-refractivity contribution in [1.82, 2.24) is 24.6 Å². The van der Waals surface area contributed by atoms with Crippen molar-refractivity contribution >= 4 is 28.8 Å². The van der Waals surface area contributed by atoms with Crippen LogP contribution in [0.5, 0.6) is 0 Å². The fraction of sp³-hybridized carbons (Fsp3) is 0.471. The van der Waals surface area contributed by atoms with Crippen molar-refractivity contribution in [3.8, 4) is 10.6 Å². The van der Waals surface area contributed by atoms with Gasteiger partial charge < -0.3 is 9.42 Å². The van der Waals surface area contributed by atoms with Crippen molar-refractivity contribution < 1.29 is 9.32 Å². The van der Waals surface area contributed by atoms with Gasteiger partial charge in [0.1, 0.15) is 9.75 Å². The van der Waals surface area contributed by atoms with Crippen LogP contribution in [-0.4, -0.2) is 43.6 Å².